The van der Waals surface area contributed by atoms with E-state index in [0.717, 1.165) is 0 Å². The third-order valence-corrected chi connectivity index (χ3v) is 3.27. The topological polar surface area (TPSA) is 86.2 Å². The second kappa shape index (κ2) is 4.54. The summed E-state index contributed by atoms with van der Waals surface area (Å²) in [5.41, 5.74) is 1.44. The Bertz CT molecular complexity index is 826. The Hall–Kier alpha value is -2.53. The van der Waals surface area contributed by atoms with E-state index in [1.165, 1.54) is 12.1 Å². The van der Waals surface area contributed by atoms with Crippen molar-refractivity contribution in [2.45, 2.75) is 0 Å². The number of rotatable bonds is 2. The number of carboxylic acid groups (broad SMARTS) is 1. The Morgan fingerprint density at radius 2 is 2.05 bits per heavy atom. The highest BCUT2D eigenvalue weighted by molar-refractivity contribution is 6.31. The lowest BCUT2D eigenvalue weighted by atomic mass is 10.0. The molecule has 5 nitrogen and oxygen atoms in total. The van der Waals surface area contributed by atoms with Crippen molar-refractivity contribution in [3.63, 3.8) is 0 Å². The smallest absolute Gasteiger partial charge is 0.336 e. The van der Waals surface area contributed by atoms with E-state index >= 15 is 0 Å². The number of carbonyl (C=O) groups is 1. The van der Waals surface area contributed by atoms with Crippen LogP contribution in [0.25, 0.3) is 22.2 Å². The van der Waals surface area contributed by atoms with Gasteiger partial charge in [0.05, 0.1) is 11.1 Å². The maximum atomic E-state index is 11.3. The van der Waals surface area contributed by atoms with Gasteiger partial charge in [-0.3, -0.25) is 5.10 Å². The Morgan fingerprint density at radius 3 is 2.80 bits per heavy atom. The summed E-state index contributed by atoms with van der Waals surface area (Å²) < 4.78 is 0. The third kappa shape index (κ3) is 1.88. The molecular weight excluding hydrogens is 280 g/mol. The van der Waals surface area contributed by atoms with Gasteiger partial charge in [0.25, 0.3) is 0 Å². The summed E-state index contributed by atoms with van der Waals surface area (Å²) in [5, 5.41) is 26.9. The molecule has 1 heterocycles. The summed E-state index contributed by atoms with van der Waals surface area (Å²) >= 11 is 5.92. The zero-order valence-corrected chi connectivity index (χ0v) is 10.8. The standard InChI is InChI=1S/C14H9ClN2O3/c15-7-4-5-11(18)9(6-7)13-12-8(14(19)20)2-1-3-10(12)16-17-13/h1-6,18H,(H,16,17)(H,19,20). The van der Waals surface area contributed by atoms with E-state index in [4.69, 9.17) is 11.6 Å². The first kappa shape index (κ1) is 12.5. The number of carboxylic acids is 1. The Morgan fingerprint density at radius 1 is 1.25 bits per heavy atom. The maximum absolute atomic E-state index is 11.3. The highest BCUT2D eigenvalue weighted by Crippen LogP contribution is 2.35. The minimum absolute atomic E-state index is 0.0111. The number of H-pyrrole nitrogens is 1. The van der Waals surface area contributed by atoms with E-state index in [1.807, 2.05) is 0 Å². The quantitative estimate of drug-likeness (QED) is 0.675. The van der Waals surface area contributed by atoms with Gasteiger partial charge >= 0.3 is 5.97 Å². The van der Waals surface area contributed by atoms with Crippen LogP contribution in [-0.2, 0) is 0 Å². The maximum Gasteiger partial charge on any atom is 0.336 e. The fourth-order valence-corrected chi connectivity index (χ4v) is 2.32. The summed E-state index contributed by atoms with van der Waals surface area (Å²) in [4.78, 5) is 11.3. The molecule has 3 rings (SSSR count). The first-order valence-corrected chi connectivity index (χ1v) is 6.15. The molecule has 0 amide bonds. The van der Waals surface area contributed by atoms with Crippen LogP contribution in [-0.4, -0.2) is 26.4 Å². The fraction of sp³-hybridized carbons (Fsp3) is 0. The van der Waals surface area contributed by atoms with Crippen molar-refractivity contribution in [1.82, 2.24) is 10.2 Å². The minimum atomic E-state index is -1.06. The normalized spacial score (nSPS) is 10.8. The molecule has 0 bridgehead atoms. The third-order valence-electron chi connectivity index (χ3n) is 3.03. The SMILES string of the molecule is O=C(O)c1cccc2[nH]nc(-c3cc(Cl)ccc3O)c12. The van der Waals surface area contributed by atoms with Crippen molar-refractivity contribution in [3.05, 3.63) is 47.0 Å². The van der Waals surface area contributed by atoms with Gasteiger partial charge in [-0.05, 0) is 30.3 Å². The Labute approximate surface area is 118 Å². The van der Waals surface area contributed by atoms with E-state index in [0.29, 0.717) is 27.2 Å². The average molecular weight is 289 g/mol. The zero-order valence-electron chi connectivity index (χ0n) is 10.1. The van der Waals surface area contributed by atoms with Gasteiger partial charge in [0.15, 0.2) is 0 Å². The number of halogens is 1. The van der Waals surface area contributed by atoms with Gasteiger partial charge in [-0.2, -0.15) is 5.10 Å². The summed E-state index contributed by atoms with van der Waals surface area (Å²) in [5.74, 6) is -1.07. The molecule has 20 heavy (non-hydrogen) atoms. The van der Waals surface area contributed by atoms with Crippen LogP contribution in [0.15, 0.2) is 36.4 Å². The van der Waals surface area contributed by atoms with Crippen LogP contribution in [0.4, 0.5) is 0 Å². The molecule has 2 aromatic carbocycles. The molecule has 0 aliphatic rings. The first-order chi connectivity index (χ1) is 9.58. The number of phenols is 1. The number of phenolic OH excluding ortho intramolecular Hbond substituents is 1. The molecule has 100 valence electrons. The van der Waals surface area contributed by atoms with Crippen LogP contribution in [0.1, 0.15) is 10.4 Å². The molecule has 0 aliphatic heterocycles. The van der Waals surface area contributed by atoms with Gasteiger partial charge in [-0.1, -0.05) is 17.7 Å². The van der Waals surface area contributed by atoms with Crippen LogP contribution >= 0.6 is 11.6 Å². The second-order valence-corrected chi connectivity index (χ2v) is 4.70. The molecule has 0 spiro atoms. The molecule has 0 fully saturated rings. The Balaban J connectivity index is 2.37. The van der Waals surface area contributed by atoms with Crippen LogP contribution in [0.5, 0.6) is 5.75 Å². The number of hydrogen-bond acceptors (Lipinski definition) is 3. The predicted molar refractivity (Wildman–Crippen MR) is 75.2 cm³/mol. The van der Waals surface area contributed by atoms with Gasteiger partial charge < -0.3 is 10.2 Å². The van der Waals surface area contributed by atoms with Crippen molar-refractivity contribution in [2.24, 2.45) is 0 Å². The summed E-state index contributed by atoms with van der Waals surface area (Å²) in [7, 11) is 0. The molecule has 3 aromatic rings. The summed E-state index contributed by atoms with van der Waals surface area (Å²) in [6.45, 7) is 0. The van der Waals surface area contributed by atoms with E-state index < -0.39 is 5.97 Å². The number of aromatic amines is 1. The highest BCUT2D eigenvalue weighted by atomic mass is 35.5. The fourth-order valence-electron chi connectivity index (χ4n) is 2.14. The van der Waals surface area contributed by atoms with Crippen molar-refractivity contribution in [1.29, 1.82) is 0 Å². The number of aromatic nitrogens is 2. The highest BCUT2D eigenvalue weighted by Gasteiger charge is 2.18. The lowest BCUT2D eigenvalue weighted by Crippen LogP contribution is -1.97. The van der Waals surface area contributed by atoms with Gasteiger partial charge in [0.2, 0.25) is 0 Å². The summed E-state index contributed by atoms with van der Waals surface area (Å²) in [6.07, 6.45) is 0. The van der Waals surface area contributed by atoms with Gasteiger partial charge in [-0.25, -0.2) is 4.79 Å². The molecule has 0 radical (unpaired) electrons. The minimum Gasteiger partial charge on any atom is -0.507 e. The van der Waals surface area contributed by atoms with Crippen molar-refractivity contribution >= 4 is 28.5 Å². The molecule has 0 saturated heterocycles. The second-order valence-electron chi connectivity index (χ2n) is 4.27. The molecule has 3 N–H and O–H groups in total. The van der Waals surface area contributed by atoms with Crippen LogP contribution < -0.4 is 0 Å². The molecule has 0 atom stereocenters. The monoisotopic (exact) mass is 288 g/mol. The lowest BCUT2D eigenvalue weighted by Gasteiger charge is -2.04. The molecule has 1 aromatic heterocycles. The molecular formula is C14H9ClN2O3. The average Bonchev–Trinajstić information content (AvgIpc) is 2.85. The summed E-state index contributed by atoms with van der Waals surface area (Å²) in [6, 6.07) is 9.39. The van der Waals surface area contributed by atoms with Crippen LogP contribution in [0.2, 0.25) is 5.02 Å². The number of hydrogen-bond donors (Lipinski definition) is 3. The molecule has 6 heteroatoms. The van der Waals surface area contributed by atoms with Crippen LogP contribution in [0.3, 0.4) is 0 Å². The van der Waals surface area contributed by atoms with Crippen LogP contribution in [0, 0.1) is 0 Å². The van der Waals surface area contributed by atoms with Crippen molar-refractivity contribution in [3.8, 4) is 17.0 Å². The van der Waals surface area contributed by atoms with E-state index in [1.54, 1.807) is 24.3 Å². The molecule has 0 unspecified atom stereocenters. The van der Waals surface area contributed by atoms with Crippen molar-refractivity contribution < 1.29 is 15.0 Å². The number of nitrogens with one attached hydrogen (secondary N) is 1. The lowest BCUT2D eigenvalue weighted by molar-refractivity contribution is 0.0699. The number of aromatic carboxylic acids is 1. The van der Waals surface area contributed by atoms with Gasteiger partial charge in [-0.15, -0.1) is 0 Å². The first-order valence-electron chi connectivity index (χ1n) is 5.77. The van der Waals surface area contributed by atoms with Gasteiger partial charge in [0, 0.05) is 16.0 Å². The molecule has 0 saturated carbocycles. The number of aromatic hydroxyl groups is 1. The van der Waals surface area contributed by atoms with Gasteiger partial charge in [0.1, 0.15) is 11.4 Å². The zero-order chi connectivity index (χ0) is 14.3. The Kier molecular flexibility index (Phi) is 2.84. The van der Waals surface area contributed by atoms with Crippen molar-refractivity contribution in [2.75, 3.05) is 0 Å². The predicted octanol–water partition coefficient (Wildman–Crippen LogP) is 3.29. The number of nitrogens with zero attached hydrogens (tertiary/aromatic N) is 1. The molecule has 0 aliphatic carbocycles. The van der Waals surface area contributed by atoms with E-state index in [2.05, 4.69) is 10.2 Å². The van der Waals surface area contributed by atoms with E-state index in [-0.39, 0.29) is 11.3 Å². The number of fused-ring (bicyclic) bond motifs is 1. The van der Waals surface area contributed by atoms with E-state index in [9.17, 15) is 15.0 Å². The largest absolute Gasteiger partial charge is 0.507 e. The number of benzene rings is 2.